The minimum atomic E-state index is 0.503. The lowest BCUT2D eigenvalue weighted by Crippen LogP contribution is -2.14. The van der Waals surface area contributed by atoms with Crippen LogP contribution in [-0.2, 0) is 27.1 Å². The predicted octanol–water partition coefficient (Wildman–Crippen LogP) is 3.52. The van der Waals surface area contributed by atoms with E-state index in [1.54, 1.807) is 21.3 Å². The van der Waals surface area contributed by atoms with E-state index in [-0.39, 0.29) is 0 Å². The lowest BCUT2D eigenvalue weighted by atomic mass is 9.90. The van der Waals surface area contributed by atoms with Crippen molar-refractivity contribution in [2.45, 2.75) is 12.8 Å². The molecular weight excluding hydrogens is 332 g/mol. The number of hydrogen-bond acceptors (Lipinski definition) is 5. The summed E-state index contributed by atoms with van der Waals surface area (Å²) in [5, 5.41) is 2.11. The quantitative estimate of drug-likeness (QED) is 0.642. The monoisotopic (exact) mass is 358 g/mol. The molecule has 0 saturated carbocycles. The average Bonchev–Trinajstić information content (AvgIpc) is 2.69. The van der Waals surface area contributed by atoms with Crippen LogP contribution in [0.5, 0.6) is 11.5 Å². The molecule has 0 N–H and O–H groups in total. The molecule has 0 unspecified atom stereocenters. The minimum Gasteiger partial charge on any atom is -0.501 e. The van der Waals surface area contributed by atoms with Crippen molar-refractivity contribution in [3.8, 4) is 11.5 Å². The Morgan fingerprint density at radius 3 is 1.88 bits per heavy atom. The van der Waals surface area contributed by atoms with E-state index in [0.29, 0.717) is 32.8 Å². The van der Waals surface area contributed by atoms with E-state index >= 15 is 0 Å². The zero-order chi connectivity index (χ0) is 18.4. The number of methoxy groups -OCH3 is 3. The van der Waals surface area contributed by atoms with E-state index in [2.05, 4.69) is 18.2 Å². The van der Waals surface area contributed by atoms with Gasteiger partial charge in [0.1, 0.15) is 24.7 Å². The zero-order valence-corrected chi connectivity index (χ0v) is 15.7. The summed E-state index contributed by atoms with van der Waals surface area (Å²) >= 11 is 0. The minimum absolute atomic E-state index is 0.503. The van der Waals surface area contributed by atoms with Gasteiger partial charge in [-0.15, -0.1) is 0 Å². The Labute approximate surface area is 154 Å². The first-order valence-electron chi connectivity index (χ1n) is 8.83. The number of fused-ring (bicyclic) bond motifs is 2. The van der Waals surface area contributed by atoms with Crippen molar-refractivity contribution < 1.29 is 23.7 Å². The van der Waals surface area contributed by atoms with E-state index in [9.17, 15) is 0 Å². The summed E-state index contributed by atoms with van der Waals surface area (Å²) in [7, 11) is 5.06. The van der Waals surface area contributed by atoms with Gasteiger partial charge in [-0.2, -0.15) is 0 Å². The van der Waals surface area contributed by atoms with Gasteiger partial charge in [0.2, 0.25) is 0 Å². The lowest BCUT2D eigenvalue weighted by Gasteiger charge is -2.25. The normalized spacial score (nSPS) is 13.3. The highest BCUT2D eigenvalue weighted by molar-refractivity contribution is 5.96. The van der Waals surface area contributed by atoms with Crippen molar-refractivity contribution in [3.05, 3.63) is 47.2 Å². The fourth-order valence-corrected chi connectivity index (χ4v) is 3.28. The highest BCUT2D eigenvalue weighted by Gasteiger charge is 2.24. The smallest absolute Gasteiger partial charge is 0.131 e. The fraction of sp³-hybridized carbons (Fsp3) is 0.429. The Balaban J connectivity index is 2.11. The Bertz CT molecular complexity index is 782. The van der Waals surface area contributed by atoms with E-state index in [1.807, 2.05) is 12.1 Å². The Morgan fingerprint density at radius 2 is 1.35 bits per heavy atom. The molecule has 2 aromatic rings. The number of benzene rings is 2. The topological polar surface area (TPSA) is 46.2 Å². The molecule has 1 aliphatic carbocycles. The van der Waals surface area contributed by atoms with Crippen molar-refractivity contribution in [3.63, 3.8) is 0 Å². The highest BCUT2D eigenvalue weighted by atomic mass is 16.5. The van der Waals surface area contributed by atoms with Gasteiger partial charge in [-0.05, 0) is 12.5 Å². The molecule has 0 aliphatic heterocycles. The number of ether oxygens (including phenoxy) is 5. The summed E-state index contributed by atoms with van der Waals surface area (Å²) in [6, 6.07) is 8.20. The second-order valence-electron chi connectivity index (χ2n) is 6.10. The molecule has 140 valence electrons. The zero-order valence-electron chi connectivity index (χ0n) is 15.7. The van der Waals surface area contributed by atoms with E-state index in [0.717, 1.165) is 45.6 Å². The van der Waals surface area contributed by atoms with Crippen molar-refractivity contribution in [2.24, 2.45) is 0 Å². The van der Waals surface area contributed by atoms with E-state index in [1.165, 1.54) is 0 Å². The molecule has 0 saturated heterocycles. The summed E-state index contributed by atoms with van der Waals surface area (Å²) in [5.74, 6) is 2.76. The maximum atomic E-state index is 6.14. The first kappa shape index (κ1) is 18.5. The third-order valence-corrected chi connectivity index (χ3v) is 4.54. The highest BCUT2D eigenvalue weighted by Crippen LogP contribution is 2.44. The van der Waals surface area contributed by atoms with Crippen molar-refractivity contribution in [2.75, 3.05) is 47.8 Å². The lowest BCUT2D eigenvalue weighted by molar-refractivity contribution is 0.144. The first-order chi connectivity index (χ1) is 12.8. The number of rotatable bonds is 9. The van der Waals surface area contributed by atoms with Crippen LogP contribution >= 0.6 is 0 Å². The molecule has 0 atom stereocenters. The second kappa shape index (κ2) is 8.92. The molecule has 0 fully saturated rings. The van der Waals surface area contributed by atoms with Gasteiger partial charge < -0.3 is 23.7 Å². The molecule has 0 bridgehead atoms. The van der Waals surface area contributed by atoms with Crippen molar-refractivity contribution >= 4 is 10.8 Å². The molecule has 2 aromatic carbocycles. The van der Waals surface area contributed by atoms with Gasteiger partial charge in [0, 0.05) is 42.5 Å². The van der Waals surface area contributed by atoms with Crippen LogP contribution in [0.15, 0.2) is 36.1 Å². The summed E-state index contributed by atoms with van der Waals surface area (Å²) in [6.45, 7) is 2.11. The van der Waals surface area contributed by atoms with Gasteiger partial charge in [-0.3, -0.25) is 0 Å². The molecule has 0 radical (unpaired) electrons. The molecule has 5 heteroatoms. The van der Waals surface area contributed by atoms with Gasteiger partial charge in [0.25, 0.3) is 0 Å². The fourth-order valence-electron chi connectivity index (χ4n) is 3.28. The van der Waals surface area contributed by atoms with E-state index < -0.39 is 0 Å². The van der Waals surface area contributed by atoms with Crippen molar-refractivity contribution in [1.29, 1.82) is 0 Å². The summed E-state index contributed by atoms with van der Waals surface area (Å²) in [5.41, 5.74) is 2.29. The van der Waals surface area contributed by atoms with Crippen LogP contribution in [0.3, 0.4) is 0 Å². The Kier molecular flexibility index (Phi) is 6.36. The second-order valence-corrected chi connectivity index (χ2v) is 6.10. The SMILES string of the molecule is COCCOc1c2c(c(OCCOC)c3ccccc13)CC(OC)=CC2. The van der Waals surface area contributed by atoms with Crippen molar-refractivity contribution in [1.82, 2.24) is 0 Å². The maximum absolute atomic E-state index is 6.14. The molecule has 5 nitrogen and oxygen atoms in total. The molecule has 0 spiro atoms. The third-order valence-electron chi connectivity index (χ3n) is 4.54. The largest absolute Gasteiger partial charge is 0.501 e. The number of hydrogen-bond donors (Lipinski definition) is 0. The molecular formula is C21H26O5. The van der Waals surface area contributed by atoms with Crippen LogP contribution in [0.25, 0.3) is 10.8 Å². The van der Waals surface area contributed by atoms with Crippen LogP contribution in [0.1, 0.15) is 11.1 Å². The third kappa shape index (κ3) is 3.79. The molecule has 1 aliphatic rings. The van der Waals surface area contributed by atoms with Gasteiger partial charge in [0.15, 0.2) is 0 Å². The summed E-state index contributed by atoms with van der Waals surface area (Å²) in [4.78, 5) is 0. The maximum Gasteiger partial charge on any atom is 0.131 e. The van der Waals surface area contributed by atoms with Gasteiger partial charge in [-0.1, -0.05) is 24.3 Å². The van der Waals surface area contributed by atoms with Crippen LogP contribution < -0.4 is 9.47 Å². The van der Waals surface area contributed by atoms with Gasteiger partial charge >= 0.3 is 0 Å². The first-order valence-corrected chi connectivity index (χ1v) is 8.83. The summed E-state index contributed by atoms with van der Waals surface area (Å²) in [6.07, 6.45) is 3.56. The molecule has 0 amide bonds. The molecule has 26 heavy (non-hydrogen) atoms. The van der Waals surface area contributed by atoms with E-state index in [4.69, 9.17) is 23.7 Å². The van der Waals surface area contributed by atoms with Gasteiger partial charge in [-0.25, -0.2) is 0 Å². The standard InChI is InChI=1S/C21H26O5/c1-22-10-12-25-20-16-6-4-5-7-17(16)21(26-13-11-23-2)19-14-15(24-3)8-9-18(19)20/h4-8H,9-14H2,1-3H3. The van der Waals surface area contributed by atoms with Crippen LogP contribution in [-0.4, -0.2) is 47.8 Å². The van der Waals surface area contributed by atoms with Crippen LogP contribution in [0.2, 0.25) is 0 Å². The predicted molar refractivity (Wildman–Crippen MR) is 101 cm³/mol. The Hall–Kier alpha value is -2.24. The molecule has 3 rings (SSSR count). The average molecular weight is 358 g/mol. The molecule has 0 heterocycles. The van der Waals surface area contributed by atoms with Gasteiger partial charge in [0.05, 0.1) is 26.1 Å². The Morgan fingerprint density at radius 1 is 0.769 bits per heavy atom. The summed E-state index contributed by atoms with van der Waals surface area (Å²) < 4.78 is 28.1. The van der Waals surface area contributed by atoms with Crippen LogP contribution in [0, 0.1) is 0 Å². The van der Waals surface area contributed by atoms with Crippen LogP contribution in [0.4, 0.5) is 0 Å². The number of allylic oxidation sites excluding steroid dienone is 2. The molecule has 0 aromatic heterocycles.